The summed E-state index contributed by atoms with van der Waals surface area (Å²) in [5.41, 5.74) is 0.338. The molecule has 0 saturated carbocycles. The van der Waals surface area contributed by atoms with Crippen LogP contribution in [0.5, 0.6) is 5.75 Å². The first-order valence-corrected chi connectivity index (χ1v) is 8.16. The van der Waals surface area contributed by atoms with Crippen LogP contribution in [0.4, 0.5) is 20.2 Å². The zero-order chi connectivity index (χ0) is 18.8. The van der Waals surface area contributed by atoms with Crippen LogP contribution in [0.25, 0.3) is 0 Å². The summed E-state index contributed by atoms with van der Waals surface area (Å²) in [7, 11) is 1.50. The smallest absolute Gasteiger partial charge is 0.229 e. The van der Waals surface area contributed by atoms with Crippen LogP contribution >= 0.6 is 11.6 Å². The summed E-state index contributed by atoms with van der Waals surface area (Å²) >= 11 is 6.09. The molecule has 1 aliphatic heterocycles. The molecule has 3 rings (SSSR count). The van der Waals surface area contributed by atoms with E-state index < -0.39 is 29.4 Å². The second-order valence-corrected chi connectivity index (χ2v) is 6.24. The Hall–Kier alpha value is -2.67. The maximum absolute atomic E-state index is 13.9. The third-order valence-electron chi connectivity index (χ3n) is 4.13. The highest BCUT2D eigenvalue weighted by Gasteiger charge is 2.36. The molecule has 0 radical (unpaired) electrons. The topological polar surface area (TPSA) is 58.6 Å². The second kappa shape index (κ2) is 7.29. The number of anilines is 2. The average Bonchev–Trinajstić information content (AvgIpc) is 2.98. The normalized spacial score (nSPS) is 16.7. The zero-order valence-electron chi connectivity index (χ0n) is 13.8. The minimum absolute atomic E-state index is 0.000985. The van der Waals surface area contributed by atoms with Crippen molar-refractivity contribution in [1.29, 1.82) is 0 Å². The van der Waals surface area contributed by atoms with Crippen LogP contribution in [-0.2, 0) is 9.59 Å². The van der Waals surface area contributed by atoms with Gasteiger partial charge in [0.1, 0.15) is 17.4 Å². The van der Waals surface area contributed by atoms with Crippen molar-refractivity contribution in [2.75, 3.05) is 23.9 Å². The molecule has 26 heavy (non-hydrogen) atoms. The number of methoxy groups -OCH3 is 1. The Morgan fingerprint density at radius 2 is 2.04 bits per heavy atom. The Morgan fingerprint density at radius 3 is 2.69 bits per heavy atom. The third-order valence-corrected chi connectivity index (χ3v) is 4.44. The maximum atomic E-state index is 13.9. The number of ether oxygens (including phenoxy) is 1. The number of nitrogens with zero attached hydrogens (tertiary/aromatic N) is 1. The van der Waals surface area contributed by atoms with Gasteiger partial charge >= 0.3 is 0 Å². The molecule has 1 atom stereocenters. The molecule has 1 N–H and O–H groups in total. The van der Waals surface area contributed by atoms with Crippen LogP contribution in [0, 0.1) is 17.6 Å². The fourth-order valence-corrected chi connectivity index (χ4v) is 2.99. The Balaban J connectivity index is 1.73. The van der Waals surface area contributed by atoms with Crippen LogP contribution in [-0.4, -0.2) is 25.5 Å². The lowest BCUT2D eigenvalue weighted by Gasteiger charge is -2.17. The number of carbonyl (C=O) groups excluding carboxylic acids is 2. The van der Waals surface area contributed by atoms with E-state index in [1.165, 1.54) is 13.2 Å². The van der Waals surface area contributed by atoms with Crippen LogP contribution in [0.3, 0.4) is 0 Å². The van der Waals surface area contributed by atoms with E-state index in [1.54, 1.807) is 18.2 Å². The number of rotatable bonds is 4. The lowest BCUT2D eigenvalue weighted by Crippen LogP contribution is -2.28. The van der Waals surface area contributed by atoms with Gasteiger partial charge in [-0.1, -0.05) is 11.6 Å². The van der Waals surface area contributed by atoms with Crippen molar-refractivity contribution in [3.8, 4) is 5.75 Å². The van der Waals surface area contributed by atoms with Gasteiger partial charge in [-0.25, -0.2) is 8.78 Å². The summed E-state index contributed by atoms with van der Waals surface area (Å²) in [5.74, 6) is -2.53. The third kappa shape index (κ3) is 3.62. The molecule has 2 amide bonds. The highest BCUT2D eigenvalue weighted by Crippen LogP contribution is 2.30. The van der Waals surface area contributed by atoms with Crippen LogP contribution in [0.1, 0.15) is 6.42 Å². The minimum Gasteiger partial charge on any atom is -0.497 e. The Labute approximate surface area is 153 Å². The van der Waals surface area contributed by atoms with E-state index in [0.717, 1.165) is 11.0 Å². The maximum Gasteiger partial charge on any atom is 0.229 e. The van der Waals surface area contributed by atoms with Gasteiger partial charge in [0.05, 0.1) is 29.4 Å². The summed E-state index contributed by atoms with van der Waals surface area (Å²) < 4.78 is 32.0. The molecule has 2 aromatic rings. The standard InChI is InChI=1S/C18H15ClF2N2O3/c1-26-12-3-4-15(13(19)8-12)22-18(25)10-6-17(24)23(9-10)16-5-2-11(20)7-14(16)21/h2-5,7-8,10H,6,9H2,1H3,(H,22,25). The van der Waals surface area contributed by atoms with Crippen LogP contribution in [0.2, 0.25) is 5.02 Å². The molecule has 5 nitrogen and oxygen atoms in total. The molecule has 1 fully saturated rings. The molecule has 136 valence electrons. The summed E-state index contributed by atoms with van der Waals surface area (Å²) in [4.78, 5) is 25.8. The van der Waals surface area contributed by atoms with Gasteiger partial charge in [0.15, 0.2) is 0 Å². The second-order valence-electron chi connectivity index (χ2n) is 5.84. The predicted molar refractivity (Wildman–Crippen MR) is 93.5 cm³/mol. The van der Waals surface area contributed by atoms with E-state index in [2.05, 4.69) is 5.32 Å². The quantitative estimate of drug-likeness (QED) is 0.881. The zero-order valence-corrected chi connectivity index (χ0v) is 14.5. The summed E-state index contributed by atoms with van der Waals surface area (Å²) in [6, 6.07) is 7.73. The van der Waals surface area contributed by atoms with Gasteiger partial charge in [0.25, 0.3) is 0 Å². The Kier molecular flexibility index (Phi) is 5.08. The lowest BCUT2D eigenvalue weighted by molar-refractivity contribution is -0.122. The van der Waals surface area contributed by atoms with Gasteiger partial charge in [0.2, 0.25) is 11.8 Å². The first-order chi connectivity index (χ1) is 12.4. The number of hydrogen-bond acceptors (Lipinski definition) is 3. The fraction of sp³-hybridized carbons (Fsp3) is 0.222. The van der Waals surface area contributed by atoms with Gasteiger partial charge < -0.3 is 15.0 Å². The van der Waals surface area contributed by atoms with Crippen LogP contribution < -0.4 is 15.0 Å². The molecular weight excluding hydrogens is 366 g/mol. The molecule has 0 aliphatic carbocycles. The van der Waals surface area contributed by atoms with Crippen LogP contribution in [0.15, 0.2) is 36.4 Å². The fourth-order valence-electron chi connectivity index (χ4n) is 2.78. The van der Waals surface area contributed by atoms with E-state index in [1.807, 2.05) is 0 Å². The van der Waals surface area contributed by atoms with Crippen molar-refractivity contribution in [3.05, 3.63) is 53.1 Å². The van der Waals surface area contributed by atoms with Crippen molar-refractivity contribution < 1.29 is 23.1 Å². The van der Waals surface area contributed by atoms with Gasteiger partial charge in [-0.05, 0) is 24.3 Å². The molecule has 0 aromatic heterocycles. The first kappa shape index (κ1) is 18.1. The molecule has 1 saturated heterocycles. The molecular formula is C18H15ClF2N2O3. The molecule has 1 heterocycles. The molecule has 0 spiro atoms. The van der Waals surface area contributed by atoms with E-state index in [-0.39, 0.29) is 18.7 Å². The predicted octanol–water partition coefficient (Wildman–Crippen LogP) is 3.62. The summed E-state index contributed by atoms with van der Waals surface area (Å²) in [6.45, 7) is 0.000985. The minimum atomic E-state index is -0.849. The SMILES string of the molecule is COc1ccc(NC(=O)C2CC(=O)N(c3ccc(F)cc3F)C2)c(Cl)c1. The molecule has 2 aromatic carbocycles. The molecule has 0 bridgehead atoms. The van der Waals surface area contributed by atoms with Gasteiger partial charge in [0, 0.05) is 25.1 Å². The number of benzene rings is 2. The Bertz CT molecular complexity index is 876. The number of hydrogen-bond donors (Lipinski definition) is 1. The number of amides is 2. The average molecular weight is 381 g/mol. The van der Waals surface area contributed by atoms with Crippen molar-refractivity contribution >= 4 is 34.8 Å². The van der Waals surface area contributed by atoms with Gasteiger partial charge in [-0.15, -0.1) is 0 Å². The largest absolute Gasteiger partial charge is 0.497 e. The van der Waals surface area contributed by atoms with E-state index in [4.69, 9.17) is 16.3 Å². The molecule has 8 heteroatoms. The number of nitrogens with one attached hydrogen (secondary N) is 1. The van der Waals surface area contributed by atoms with E-state index >= 15 is 0 Å². The molecule has 1 unspecified atom stereocenters. The lowest BCUT2D eigenvalue weighted by atomic mass is 10.1. The van der Waals surface area contributed by atoms with Crippen molar-refractivity contribution in [2.45, 2.75) is 6.42 Å². The molecule has 1 aliphatic rings. The number of halogens is 3. The monoisotopic (exact) mass is 380 g/mol. The number of carbonyl (C=O) groups is 2. The Morgan fingerprint density at radius 1 is 1.27 bits per heavy atom. The summed E-state index contributed by atoms with van der Waals surface area (Å²) in [5, 5.41) is 2.96. The highest BCUT2D eigenvalue weighted by molar-refractivity contribution is 6.33. The van der Waals surface area contributed by atoms with Gasteiger partial charge in [-0.2, -0.15) is 0 Å². The van der Waals surface area contributed by atoms with E-state index in [0.29, 0.717) is 22.5 Å². The first-order valence-electron chi connectivity index (χ1n) is 7.79. The summed E-state index contributed by atoms with van der Waals surface area (Å²) in [6.07, 6.45) is -0.0730. The van der Waals surface area contributed by atoms with Crippen molar-refractivity contribution in [3.63, 3.8) is 0 Å². The highest BCUT2D eigenvalue weighted by atomic mass is 35.5. The van der Waals surface area contributed by atoms with Crippen molar-refractivity contribution in [1.82, 2.24) is 0 Å². The van der Waals surface area contributed by atoms with Crippen molar-refractivity contribution in [2.24, 2.45) is 5.92 Å². The van der Waals surface area contributed by atoms with Gasteiger partial charge in [-0.3, -0.25) is 9.59 Å². The van der Waals surface area contributed by atoms with E-state index in [9.17, 15) is 18.4 Å².